The second-order valence-electron chi connectivity index (χ2n) is 3.98. The Morgan fingerprint density at radius 3 is 2.29 bits per heavy atom. The van der Waals surface area contributed by atoms with Crippen molar-refractivity contribution < 1.29 is 13.6 Å². The van der Waals surface area contributed by atoms with E-state index in [2.05, 4.69) is 5.09 Å². The van der Waals surface area contributed by atoms with E-state index in [4.69, 9.17) is 9.05 Å². The van der Waals surface area contributed by atoms with Gasteiger partial charge in [0.05, 0.1) is 13.2 Å². The second-order valence-corrected chi connectivity index (χ2v) is 5.75. The standard InChI is InChI=1S/C9H18NO3P/c11-14(12-7-4-8-13-14)10-9-5-2-1-3-6-9/h9H,1-8H2,(H,10,11). The summed E-state index contributed by atoms with van der Waals surface area (Å²) < 4.78 is 22.3. The average Bonchev–Trinajstić information content (AvgIpc) is 2.19. The molecule has 0 aromatic rings. The van der Waals surface area contributed by atoms with Crippen LogP contribution < -0.4 is 5.09 Å². The normalized spacial score (nSPS) is 28.9. The van der Waals surface area contributed by atoms with Crippen LogP contribution in [-0.4, -0.2) is 19.3 Å². The summed E-state index contributed by atoms with van der Waals surface area (Å²) in [5.74, 6) is 0. The van der Waals surface area contributed by atoms with E-state index >= 15 is 0 Å². The third-order valence-electron chi connectivity index (χ3n) is 2.76. The van der Waals surface area contributed by atoms with Gasteiger partial charge in [-0.25, -0.2) is 9.65 Å². The van der Waals surface area contributed by atoms with Gasteiger partial charge >= 0.3 is 7.75 Å². The van der Waals surface area contributed by atoms with Crippen LogP contribution in [0, 0.1) is 0 Å². The fraction of sp³-hybridized carbons (Fsp3) is 1.00. The van der Waals surface area contributed by atoms with Crippen molar-refractivity contribution in [2.75, 3.05) is 13.2 Å². The zero-order valence-corrected chi connectivity index (χ0v) is 9.30. The van der Waals surface area contributed by atoms with Crippen molar-refractivity contribution in [1.82, 2.24) is 5.09 Å². The lowest BCUT2D eigenvalue weighted by Crippen LogP contribution is -2.31. The van der Waals surface area contributed by atoms with E-state index in [0.717, 1.165) is 19.3 Å². The molecule has 2 rings (SSSR count). The van der Waals surface area contributed by atoms with E-state index in [0.29, 0.717) is 19.3 Å². The van der Waals surface area contributed by atoms with Crippen LogP contribution in [-0.2, 0) is 13.6 Å². The summed E-state index contributed by atoms with van der Waals surface area (Å²) in [6.07, 6.45) is 6.77. The van der Waals surface area contributed by atoms with Gasteiger partial charge in [-0.05, 0) is 19.3 Å². The number of hydrogen-bond donors (Lipinski definition) is 1. The molecule has 0 atom stereocenters. The number of nitrogens with one attached hydrogen (secondary N) is 1. The summed E-state index contributed by atoms with van der Waals surface area (Å²) in [5, 5.41) is 3.05. The van der Waals surface area contributed by atoms with Crippen LogP contribution in [0.1, 0.15) is 38.5 Å². The molecule has 4 nitrogen and oxygen atoms in total. The topological polar surface area (TPSA) is 47.6 Å². The van der Waals surface area contributed by atoms with Gasteiger partial charge in [0.15, 0.2) is 0 Å². The quantitative estimate of drug-likeness (QED) is 0.725. The molecule has 0 unspecified atom stereocenters. The molecule has 14 heavy (non-hydrogen) atoms. The molecule has 0 aromatic heterocycles. The Morgan fingerprint density at radius 1 is 1.00 bits per heavy atom. The monoisotopic (exact) mass is 219 g/mol. The van der Waals surface area contributed by atoms with Crippen LogP contribution in [0.15, 0.2) is 0 Å². The van der Waals surface area contributed by atoms with Gasteiger partial charge in [0.25, 0.3) is 0 Å². The molecule has 82 valence electrons. The van der Waals surface area contributed by atoms with E-state index in [1.165, 1.54) is 19.3 Å². The van der Waals surface area contributed by atoms with Crippen molar-refractivity contribution >= 4 is 7.75 Å². The highest BCUT2D eigenvalue weighted by molar-refractivity contribution is 7.51. The van der Waals surface area contributed by atoms with Crippen molar-refractivity contribution in [2.45, 2.75) is 44.6 Å². The number of hydrogen-bond acceptors (Lipinski definition) is 3. The van der Waals surface area contributed by atoms with E-state index in [1.54, 1.807) is 0 Å². The Morgan fingerprint density at radius 2 is 1.64 bits per heavy atom. The fourth-order valence-corrected chi connectivity index (χ4v) is 3.66. The van der Waals surface area contributed by atoms with Gasteiger partial charge in [-0.2, -0.15) is 0 Å². The third-order valence-corrected chi connectivity index (χ3v) is 4.48. The maximum Gasteiger partial charge on any atom is 0.405 e. The Bertz CT molecular complexity index is 218. The highest BCUT2D eigenvalue weighted by atomic mass is 31.2. The molecule has 0 aromatic carbocycles. The molecule has 0 bridgehead atoms. The first-order valence-electron chi connectivity index (χ1n) is 5.45. The van der Waals surface area contributed by atoms with E-state index < -0.39 is 7.75 Å². The van der Waals surface area contributed by atoms with Crippen molar-refractivity contribution in [3.63, 3.8) is 0 Å². The largest absolute Gasteiger partial charge is 0.405 e. The molecule has 1 aliphatic carbocycles. The first kappa shape index (κ1) is 10.6. The molecule has 2 fully saturated rings. The first-order chi connectivity index (χ1) is 6.79. The van der Waals surface area contributed by atoms with Gasteiger partial charge in [0.1, 0.15) is 0 Å². The van der Waals surface area contributed by atoms with Gasteiger partial charge in [-0.1, -0.05) is 19.3 Å². The van der Waals surface area contributed by atoms with Gasteiger partial charge in [-0.15, -0.1) is 0 Å². The molecular formula is C9H18NO3P. The second kappa shape index (κ2) is 4.75. The summed E-state index contributed by atoms with van der Waals surface area (Å²) >= 11 is 0. The molecule has 1 heterocycles. The molecule has 1 aliphatic heterocycles. The summed E-state index contributed by atoms with van der Waals surface area (Å²) in [6, 6.07) is 0.327. The zero-order chi connectivity index (χ0) is 9.86. The molecule has 0 radical (unpaired) electrons. The fourth-order valence-electron chi connectivity index (χ4n) is 2.00. The molecule has 0 spiro atoms. The minimum atomic E-state index is -2.93. The van der Waals surface area contributed by atoms with E-state index in [1.807, 2.05) is 0 Å². The van der Waals surface area contributed by atoms with Crippen LogP contribution in [0.5, 0.6) is 0 Å². The lowest BCUT2D eigenvalue weighted by atomic mass is 9.96. The highest BCUT2D eigenvalue weighted by Gasteiger charge is 2.31. The Balaban J connectivity index is 1.84. The SMILES string of the molecule is O=P1(NC2CCCCC2)OCCCO1. The highest BCUT2D eigenvalue weighted by Crippen LogP contribution is 2.47. The van der Waals surface area contributed by atoms with E-state index in [-0.39, 0.29) is 0 Å². The van der Waals surface area contributed by atoms with Gasteiger partial charge in [-0.3, -0.25) is 9.05 Å². The summed E-state index contributed by atoms with van der Waals surface area (Å²) in [7, 11) is -2.93. The number of rotatable bonds is 2. The van der Waals surface area contributed by atoms with Crippen LogP contribution in [0.25, 0.3) is 0 Å². The van der Waals surface area contributed by atoms with Crippen LogP contribution in [0.3, 0.4) is 0 Å². The van der Waals surface area contributed by atoms with Gasteiger partial charge in [0, 0.05) is 6.04 Å². The lowest BCUT2D eigenvalue weighted by molar-refractivity contribution is 0.134. The third kappa shape index (κ3) is 2.80. The van der Waals surface area contributed by atoms with Crippen LogP contribution in [0.4, 0.5) is 0 Å². The smallest absolute Gasteiger partial charge is 0.297 e. The van der Waals surface area contributed by atoms with E-state index in [9.17, 15) is 4.57 Å². The maximum absolute atomic E-state index is 11.9. The lowest BCUT2D eigenvalue weighted by Gasteiger charge is -2.29. The van der Waals surface area contributed by atoms with Crippen molar-refractivity contribution in [3.8, 4) is 0 Å². The molecule has 1 N–H and O–H groups in total. The Labute approximate surface area is 84.9 Å². The predicted molar refractivity (Wildman–Crippen MR) is 54.1 cm³/mol. The zero-order valence-electron chi connectivity index (χ0n) is 8.41. The molecule has 2 aliphatic rings. The first-order valence-corrected chi connectivity index (χ1v) is 7.00. The minimum Gasteiger partial charge on any atom is -0.297 e. The summed E-state index contributed by atoms with van der Waals surface area (Å²) in [6.45, 7) is 1.11. The van der Waals surface area contributed by atoms with Crippen molar-refractivity contribution in [2.24, 2.45) is 0 Å². The van der Waals surface area contributed by atoms with Crippen LogP contribution >= 0.6 is 7.75 Å². The Kier molecular flexibility index (Phi) is 3.61. The molecule has 0 amide bonds. The van der Waals surface area contributed by atoms with Crippen LogP contribution in [0.2, 0.25) is 0 Å². The van der Waals surface area contributed by atoms with Gasteiger partial charge < -0.3 is 0 Å². The molecule has 1 saturated heterocycles. The summed E-state index contributed by atoms with van der Waals surface area (Å²) in [4.78, 5) is 0. The molecule has 5 heteroatoms. The van der Waals surface area contributed by atoms with Crippen molar-refractivity contribution in [1.29, 1.82) is 0 Å². The average molecular weight is 219 g/mol. The van der Waals surface area contributed by atoms with Crippen molar-refractivity contribution in [3.05, 3.63) is 0 Å². The predicted octanol–water partition coefficient (Wildman–Crippen LogP) is 2.45. The molecular weight excluding hydrogens is 201 g/mol. The maximum atomic E-state index is 11.9. The van der Waals surface area contributed by atoms with Gasteiger partial charge in [0.2, 0.25) is 0 Å². The molecule has 1 saturated carbocycles. The minimum absolute atomic E-state index is 0.327. The summed E-state index contributed by atoms with van der Waals surface area (Å²) in [5.41, 5.74) is 0. The Hall–Kier alpha value is 0.110.